The molecule has 0 saturated carbocycles. The molecule has 0 aliphatic rings. The van der Waals surface area contributed by atoms with Gasteiger partial charge in [-0.05, 0) is 104 Å². The first-order valence-electron chi connectivity index (χ1n) is 24.0. The lowest BCUT2D eigenvalue weighted by atomic mass is 9.86. The van der Waals surface area contributed by atoms with Gasteiger partial charge in [0.1, 0.15) is 6.10 Å². The molecule has 0 rings (SSSR count). The molecule has 0 fully saturated rings. The van der Waals surface area contributed by atoms with Crippen molar-refractivity contribution in [2.45, 2.75) is 259 Å². The standard InChI is InChI=1S/C48H95NO5/c1-6-9-12-15-20-27-36-45(37-28-21-16-13-10-7-2)54-47(52)48(4,5)39-30-23-25-32-41-49(42-33-34-43-50)40-31-24-18-19-26-35-44-53-46(51)38-29-22-17-14-11-8-3/h45,50H,6-44H2,1-5H3. The van der Waals surface area contributed by atoms with E-state index in [1.54, 1.807) is 0 Å². The molecule has 0 aromatic rings. The smallest absolute Gasteiger partial charge is 0.311 e. The van der Waals surface area contributed by atoms with Crippen LogP contribution in [0.4, 0.5) is 0 Å². The van der Waals surface area contributed by atoms with Crippen LogP contribution in [-0.2, 0) is 19.1 Å². The maximum Gasteiger partial charge on any atom is 0.311 e. The van der Waals surface area contributed by atoms with Gasteiger partial charge in [-0.3, -0.25) is 9.59 Å². The van der Waals surface area contributed by atoms with Crippen molar-refractivity contribution in [1.29, 1.82) is 0 Å². The van der Waals surface area contributed by atoms with Gasteiger partial charge in [0.15, 0.2) is 0 Å². The molecule has 0 spiro atoms. The summed E-state index contributed by atoms with van der Waals surface area (Å²) < 4.78 is 11.7. The predicted molar refractivity (Wildman–Crippen MR) is 232 cm³/mol. The zero-order valence-electron chi connectivity index (χ0n) is 37.2. The first-order chi connectivity index (χ1) is 26.3. The fraction of sp³-hybridized carbons (Fsp3) is 0.958. The van der Waals surface area contributed by atoms with Crippen molar-refractivity contribution in [2.75, 3.05) is 32.8 Å². The minimum absolute atomic E-state index is 0.0155. The Bertz CT molecular complexity index is 786. The molecular formula is C48H95NO5. The number of hydrogen-bond donors (Lipinski definition) is 1. The first-order valence-corrected chi connectivity index (χ1v) is 24.0. The van der Waals surface area contributed by atoms with Gasteiger partial charge < -0.3 is 19.5 Å². The van der Waals surface area contributed by atoms with Gasteiger partial charge in [-0.25, -0.2) is 0 Å². The number of carbonyl (C=O) groups is 2. The lowest BCUT2D eigenvalue weighted by molar-refractivity contribution is -0.161. The zero-order chi connectivity index (χ0) is 39.8. The van der Waals surface area contributed by atoms with E-state index in [0.29, 0.717) is 13.0 Å². The molecule has 6 nitrogen and oxygen atoms in total. The van der Waals surface area contributed by atoms with E-state index in [1.165, 1.54) is 141 Å². The van der Waals surface area contributed by atoms with Crippen molar-refractivity contribution < 1.29 is 24.2 Å². The Morgan fingerprint density at radius 3 is 1.43 bits per heavy atom. The number of unbranched alkanes of at least 4 members (excludes halogenated alkanes) is 24. The van der Waals surface area contributed by atoms with Crippen LogP contribution in [0.2, 0.25) is 0 Å². The summed E-state index contributed by atoms with van der Waals surface area (Å²) in [6, 6.07) is 0. The Hall–Kier alpha value is -1.14. The molecule has 1 N–H and O–H groups in total. The molecule has 322 valence electrons. The topological polar surface area (TPSA) is 76.1 Å². The summed E-state index contributed by atoms with van der Waals surface area (Å²) in [5.74, 6) is -0.00142. The third-order valence-corrected chi connectivity index (χ3v) is 11.4. The number of rotatable bonds is 43. The number of nitrogens with zero attached hydrogens (tertiary/aromatic N) is 1. The van der Waals surface area contributed by atoms with Gasteiger partial charge in [-0.1, -0.05) is 162 Å². The third-order valence-electron chi connectivity index (χ3n) is 11.4. The number of ether oxygens (including phenoxy) is 2. The van der Waals surface area contributed by atoms with E-state index in [-0.39, 0.29) is 24.6 Å². The summed E-state index contributed by atoms with van der Waals surface area (Å²) in [6.45, 7) is 15.1. The Balaban J connectivity index is 4.31. The van der Waals surface area contributed by atoms with Crippen LogP contribution in [-0.4, -0.2) is 60.9 Å². The minimum Gasteiger partial charge on any atom is -0.466 e. The van der Waals surface area contributed by atoms with Crippen molar-refractivity contribution in [1.82, 2.24) is 4.90 Å². The highest BCUT2D eigenvalue weighted by Gasteiger charge is 2.30. The number of hydrogen-bond acceptors (Lipinski definition) is 6. The van der Waals surface area contributed by atoms with Gasteiger partial charge in [0.2, 0.25) is 0 Å². The second-order valence-corrected chi connectivity index (χ2v) is 17.3. The average Bonchev–Trinajstić information content (AvgIpc) is 3.15. The monoisotopic (exact) mass is 766 g/mol. The molecule has 6 heteroatoms. The second kappa shape index (κ2) is 40.1. The summed E-state index contributed by atoms with van der Waals surface area (Å²) in [7, 11) is 0. The van der Waals surface area contributed by atoms with Crippen LogP contribution in [0, 0.1) is 5.41 Å². The van der Waals surface area contributed by atoms with E-state index in [2.05, 4.69) is 39.5 Å². The predicted octanol–water partition coefficient (Wildman–Crippen LogP) is 14.1. The van der Waals surface area contributed by atoms with E-state index in [9.17, 15) is 14.7 Å². The van der Waals surface area contributed by atoms with Crippen LogP contribution in [0.3, 0.4) is 0 Å². The fourth-order valence-electron chi connectivity index (χ4n) is 7.47. The van der Waals surface area contributed by atoms with Gasteiger partial charge in [0, 0.05) is 13.0 Å². The van der Waals surface area contributed by atoms with Crippen LogP contribution in [0.25, 0.3) is 0 Å². The molecule has 0 atom stereocenters. The van der Waals surface area contributed by atoms with Gasteiger partial charge >= 0.3 is 11.9 Å². The molecule has 0 aromatic carbocycles. The van der Waals surface area contributed by atoms with Crippen LogP contribution in [0.1, 0.15) is 253 Å². The second-order valence-electron chi connectivity index (χ2n) is 17.3. The van der Waals surface area contributed by atoms with Gasteiger partial charge in [0.05, 0.1) is 12.0 Å². The quantitative estimate of drug-likeness (QED) is 0.0492. The molecule has 0 amide bonds. The van der Waals surface area contributed by atoms with Gasteiger partial charge in [0.25, 0.3) is 0 Å². The summed E-state index contributed by atoms with van der Waals surface area (Å²) in [5, 5.41) is 9.31. The highest BCUT2D eigenvalue weighted by Crippen LogP contribution is 2.28. The van der Waals surface area contributed by atoms with Gasteiger partial charge in [-0.15, -0.1) is 0 Å². The maximum atomic E-state index is 13.4. The van der Waals surface area contributed by atoms with E-state index >= 15 is 0 Å². The van der Waals surface area contributed by atoms with Crippen molar-refractivity contribution in [3.05, 3.63) is 0 Å². The Morgan fingerprint density at radius 1 is 0.519 bits per heavy atom. The van der Waals surface area contributed by atoms with E-state index in [4.69, 9.17) is 9.47 Å². The van der Waals surface area contributed by atoms with Crippen LogP contribution < -0.4 is 0 Å². The van der Waals surface area contributed by atoms with Crippen molar-refractivity contribution >= 4 is 11.9 Å². The Kier molecular flexibility index (Phi) is 39.2. The molecule has 0 aromatic heterocycles. The SMILES string of the molecule is CCCCCCCCC(=O)OCCCCCCCCN(CCCCO)CCCCCCC(C)(C)C(=O)OC(CCCCCCCC)CCCCCCCC. The third kappa shape index (κ3) is 35.3. The van der Waals surface area contributed by atoms with Crippen LogP contribution >= 0.6 is 0 Å². The molecular weight excluding hydrogens is 671 g/mol. The lowest BCUT2D eigenvalue weighted by Crippen LogP contribution is -2.31. The largest absolute Gasteiger partial charge is 0.466 e. The lowest BCUT2D eigenvalue weighted by Gasteiger charge is -2.27. The minimum atomic E-state index is -0.422. The van der Waals surface area contributed by atoms with Crippen molar-refractivity contribution in [3.8, 4) is 0 Å². The molecule has 54 heavy (non-hydrogen) atoms. The summed E-state index contributed by atoms with van der Waals surface area (Å²) >= 11 is 0. The zero-order valence-corrected chi connectivity index (χ0v) is 37.2. The highest BCUT2D eigenvalue weighted by molar-refractivity contribution is 5.76. The van der Waals surface area contributed by atoms with Crippen molar-refractivity contribution in [3.63, 3.8) is 0 Å². The normalized spacial score (nSPS) is 11.9. The highest BCUT2D eigenvalue weighted by atomic mass is 16.5. The number of esters is 2. The average molecular weight is 766 g/mol. The van der Waals surface area contributed by atoms with E-state index in [0.717, 1.165) is 90.3 Å². The molecule has 0 heterocycles. The van der Waals surface area contributed by atoms with Crippen LogP contribution in [0.15, 0.2) is 0 Å². The molecule has 0 bridgehead atoms. The maximum absolute atomic E-state index is 13.4. The number of aliphatic hydroxyl groups is 1. The molecule has 0 aliphatic heterocycles. The summed E-state index contributed by atoms with van der Waals surface area (Å²) in [4.78, 5) is 27.9. The Labute approximate surface area is 337 Å². The van der Waals surface area contributed by atoms with E-state index in [1.807, 2.05) is 0 Å². The van der Waals surface area contributed by atoms with E-state index < -0.39 is 5.41 Å². The fourth-order valence-corrected chi connectivity index (χ4v) is 7.47. The first kappa shape index (κ1) is 52.9. The van der Waals surface area contributed by atoms with Gasteiger partial charge in [-0.2, -0.15) is 0 Å². The van der Waals surface area contributed by atoms with Crippen LogP contribution in [0.5, 0.6) is 0 Å². The molecule has 0 aliphatic carbocycles. The number of aliphatic hydroxyl groups excluding tert-OH is 1. The number of carbonyl (C=O) groups excluding carboxylic acids is 2. The molecule has 0 saturated heterocycles. The molecule has 0 unspecified atom stereocenters. The molecule has 0 radical (unpaired) electrons. The Morgan fingerprint density at radius 2 is 0.926 bits per heavy atom. The van der Waals surface area contributed by atoms with Crippen molar-refractivity contribution in [2.24, 2.45) is 5.41 Å². The summed E-state index contributed by atoms with van der Waals surface area (Å²) in [5.41, 5.74) is -0.422. The summed E-state index contributed by atoms with van der Waals surface area (Å²) in [6.07, 6.45) is 39.8.